The molecule has 1 aromatic rings. The Balaban J connectivity index is 2.84. The Labute approximate surface area is 99.1 Å². The van der Waals surface area contributed by atoms with Gasteiger partial charge in [-0.2, -0.15) is 0 Å². The first-order valence-electron chi connectivity index (χ1n) is 4.20. The first kappa shape index (κ1) is 11.1. The van der Waals surface area contributed by atoms with Crippen LogP contribution in [0.3, 0.4) is 0 Å². The molecule has 0 fully saturated rings. The summed E-state index contributed by atoms with van der Waals surface area (Å²) < 4.78 is 1.19. The van der Waals surface area contributed by atoms with Crippen molar-refractivity contribution in [2.75, 3.05) is 5.75 Å². The third-order valence-corrected chi connectivity index (χ3v) is 4.08. The second kappa shape index (κ2) is 5.70. The van der Waals surface area contributed by atoms with E-state index in [0.29, 0.717) is 5.56 Å². The van der Waals surface area contributed by atoms with Gasteiger partial charge < -0.3 is 0 Å². The number of carbonyl (C=O) groups is 1. The quantitative estimate of drug-likeness (QED) is 0.602. The van der Waals surface area contributed by atoms with Crippen LogP contribution in [0.15, 0.2) is 29.2 Å². The van der Waals surface area contributed by atoms with E-state index < -0.39 is 5.97 Å². The predicted molar refractivity (Wildman–Crippen MR) is 54.7 cm³/mol. The van der Waals surface area contributed by atoms with Gasteiger partial charge in [0.1, 0.15) is 0 Å². The van der Waals surface area contributed by atoms with Gasteiger partial charge in [0.2, 0.25) is 0 Å². The third kappa shape index (κ3) is 3.35. The van der Waals surface area contributed by atoms with Crippen molar-refractivity contribution in [1.82, 2.24) is 0 Å². The number of hydrogen-bond acceptors (Lipinski definition) is 2. The van der Waals surface area contributed by atoms with E-state index in [1.807, 2.05) is 12.1 Å². The Morgan fingerprint density at radius 1 is 1.46 bits per heavy atom. The van der Waals surface area contributed by atoms with Crippen molar-refractivity contribution in [2.24, 2.45) is 0 Å². The molecular weight excluding hydrogens is 195 g/mol. The van der Waals surface area contributed by atoms with Crippen LogP contribution in [-0.2, 0) is 0 Å². The molecule has 0 aliphatic rings. The predicted octanol–water partition coefficient (Wildman–Crippen LogP) is 2.06. The minimum atomic E-state index is -0.837. The molecule has 0 aliphatic heterocycles. The van der Waals surface area contributed by atoms with Crippen LogP contribution in [-0.4, -0.2) is 44.8 Å². The summed E-state index contributed by atoms with van der Waals surface area (Å²) in [5.74, 6) is 0.188. The molecule has 0 bridgehead atoms. The van der Waals surface area contributed by atoms with E-state index >= 15 is 0 Å². The summed E-state index contributed by atoms with van der Waals surface area (Å²) in [7, 11) is 0. The van der Waals surface area contributed by atoms with E-state index in [4.69, 9.17) is 5.11 Å². The van der Waals surface area contributed by atoms with Crippen molar-refractivity contribution in [3.8, 4) is 0 Å². The van der Waals surface area contributed by atoms with Gasteiger partial charge in [0.25, 0.3) is 0 Å². The Bertz CT molecular complexity index is 301. The summed E-state index contributed by atoms with van der Waals surface area (Å²) >= 11 is 2.80. The molecule has 0 heterocycles. The zero-order valence-electron chi connectivity index (χ0n) is 7.49. The summed E-state index contributed by atoms with van der Waals surface area (Å²) in [6.07, 6.45) is 0. The fraction of sp³-hybridized carbons (Fsp3) is 0.222. The van der Waals surface area contributed by atoms with Crippen molar-refractivity contribution < 1.29 is 9.90 Å². The van der Waals surface area contributed by atoms with E-state index in [2.05, 4.69) is 0 Å². The van der Waals surface area contributed by atoms with Crippen LogP contribution < -0.4 is 0 Å². The van der Waals surface area contributed by atoms with E-state index in [-0.39, 0.29) is 0 Å². The number of hydrogen-bond donors (Lipinski definition) is 1. The van der Waals surface area contributed by atoms with Gasteiger partial charge in [0.15, 0.2) is 0 Å². The van der Waals surface area contributed by atoms with Gasteiger partial charge in [-0.25, -0.2) is 0 Å². The number of aromatic carboxylic acids is 1. The van der Waals surface area contributed by atoms with Crippen LogP contribution in [0.1, 0.15) is 10.4 Å². The topological polar surface area (TPSA) is 37.3 Å². The molecule has 1 rings (SSSR count). The number of carboxylic acid groups (broad SMARTS) is 1. The maximum atomic E-state index is 10.8. The fourth-order valence-corrected chi connectivity index (χ4v) is 2.50. The average molecular weight is 204 g/mol. The summed E-state index contributed by atoms with van der Waals surface area (Å²) in [6.45, 7) is 0. The molecule has 0 amide bonds. The molecule has 0 aromatic heterocycles. The van der Waals surface area contributed by atoms with E-state index in [1.165, 1.54) is 31.6 Å². The molecule has 0 atom stereocenters. The summed E-state index contributed by atoms with van der Waals surface area (Å²) in [5.41, 5.74) is 0.419. The monoisotopic (exact) mass is 204 g/mol. The van der Waals surface area contributed by atoms with Crippen molar-refractivity contribution in [2.45, 2.75) is 8.57 Å². The molecule has 1 aromatic carbocycles. The third-order valence-electron chi connectivity index (χ3n) is 1.58. The Hall–Kier alpha value is 0.0400. The molecule has 0 saturated carbocycles. The van der Waals surface area contributed by atoms with Crippen LogP contribution in [0.4, 0.5) is 0 Å². The SMILES string of the molecule is O=C(O)c1ccccc1SC[CH2][Na]. The molecule has 0 aliphatic carbocycles. The molecule has 2 nitrogen and oxygen atoms in total. The van der Waals surface area contributed by atoms with Crippen molar-refractivity contribution in [3.63, 3.8) is 0 Å². The zero-order chi connectivity index (χ0) is 9.68. The Kier molecular flexibility index (Phi) is 4.88. The average Bonchev–Trinajstić information content (AvgIpc) is 2.15. The van der Waals surface area contributed by atoms with Crippen LogP contribution in [0.25, 0.3) is 0 Å². The fourth-order valence-electron chi connectivity index (χ4n) is 0.981. The van der Waals surface area contributed by atoms with Gasteiger partial charge in [-0.3, -0.25) is 0 Å². The summed E-state index contributed by atoms with van der Waals surface area (Å²) in [5, 5.41) is 8.86. The molecule has 0 unspecified atom stereocenters. The standard InChI is InChI=1S/C9H9O2S.Na/c1-2-12-8-6-4-3-5-7(8)9(10)11;/h3-6H,1-2H2,(H,10,11);. The molecule has 0 spiro atoms. The molecular formula is C9H9NaO2S. The minimum absolute atomic E-state index is 0.419. The molecule has 1 N–H and O–H groups in total. The van der Waals surface area contributed by atoms with Gasteiger partial charge in [0, 0.05) is 0 Å². The normalized spacial score (nSPS) is 10.0. The van der Waals surface area contributed by atoms with Gasteiger partial charge in [-0.15, -0.1) is 0 Å². The summed E-state index contributed by atoms with van der Waals surface area (Å²) in [4.78, 5) is 11.7. The number of thioether (sulfide) groups is 1. The first-order chi connectivity index (χ1) is 6.25. The Morgan fingerprint density at radius 2 is 2.15 bits per heavy atom. The van der Waals surface area contributed by atoms with Crippen LogP contribution in [0.5, 0.6) is 0 Å². The van der Waals surface area contributed by atoms with Gasteiger partial charge >= 0.3 is 99.7 Å². The molecule has 64 valence electrons. The van der Waals surface area contributed by atoms with Crippen LogP contribution >= 0.6 is 11.8 Å². The maximum absolute atomic E-state index is 10.8. The second-order valence-corrected chi connectivity index (χ2v) is 4.79. The van der Waals surface area contributed by atoms with Crippen molar-refractivity contribution in [1.29, 1.82) is 0 Å². The summed E-state index contributed by atoms with van der Waals surface area (Å²) in [6, 6.07) is 7.15. The van der Waals surface area contributed by atoms with E-state index in [9.17, 15) is 4.79 Å². The van der Waals surface area contributed by atoms with Gasteiger partial charge in [-0.1, -0.05) is 0 Å². The van der Waals surface area contributed by atoms with Gasteiger partial charge in [-0.05, 0) is 0 Å². The van der Waals surface area contributed by atoms with Crippen LogP contribution in [0, 0.1) is 0 Å². The Morgan fingerprint density at radius 3 is 2.77 bits per heavy atom. The molecule has 0 radical (unpaired) electrons. The number of rotatable bonds is 4. The molecule has 13 heavy (non-hydrogen) atoms. The second-order valence-electron chi connectivity index (χ2n) is 2.65. The van der Waals surface area contributed by atoms with Crippen LogP contribution in [0.2, 0.25) is 3.67 Å². The molecule has 0 saturated heterocycles. The van der Waals surface area contributed by atoms with Crippen molar-refractivity contribution in [3.05, 3.63) is 29.8 Å². The molecule has 4 heteroatoms. The van der Waals surface area contributed by atoms with Crippen molar-refractivity contribution >= 4 is 45.7 Å². The number of benzene rings is 1. The number of carboxylic acids is 1. The van der Waals surface area contributed by atoms with E-state index in [0.717, 1.165) is 10.6 Å². The zero-order valence-corrected chi connectivity index (χ0v) is 10.3. The van der Waals surface area contributed by atoms with E-state index in [1.54, 1.807) is 23.9 Å². The first-order valence-corrected chi connectivity index (χ1v) is 6.60. The van der Waals surface area contributed by atoms with Gasteiger partial charge in [0.05, 0.1) is 0 Å².